The van der Waals surface area contributed by atoms with Gasteiger partial charge in [0.25, 0.3) is 5.91 Å². The van der Waals surface area contributed by atoms with Crippen molar-refractivity contribution in [3.8, 4) is 22.8 Å². The van der Waals surface area contributed by atoms with E-state index in [4.69, 9.17) is 0 Å². The van der Waals surface area contributed by atoms with E-state index in [2.05, 4.69) is 20.1 Å². The van der Waals surface area contributed by atoms with Crippen molar-refractivity contribution in [1.29, 1.82) is 0 Å². The lowest BCUT2D eigenvalue weighted by Gasteiger charge is -2.28. The Labute approximate surface area is 185 Å². The minimum atomic E-state index is -0.389. The molecule has 4 aromatic rings. The van der Waals surface area contributed by atoms with E-state index >= 15 is 0 Å². The topological polar surface area (TPSA) is 76.8 Å². The zero-order valence-corrected chi connectivity index (χ0v) is 17.9. The van der Waals surface area contributed by atoms with Gasteiger partial charge >= 0.3 is 0 Å². The predicted molar refractivity (Wildman–Crippen MR) is 119 cm³/mol. The number of pyridine rings is 1. The fourth-order valence-corrected chi connectivity index (χ4v) is 3.61. The Hall–Kier alpha value is -3.94. The third-order valence-corrected chi connectivity index (χ3v) is 5.18. The van der Waals surface area contributed by atoms with Crippen LogP contribution in [0.25, 0.3) is 22.8 Å². The number of halogens is 1. The number of hydrogen-bond donors (Lipinski definition) is 0. The summed E-state index contributed by atoms with van der Waals surface area (Å²) in [5.41, 5.74) is 2.51. The number of rotatable bonds is 7. The van der Waals surface area contributed by atoms with Crippen LogP contribution in [0.5, 0.6) is 0 Å². The summed E-state index contributed by atoms with van der Waals surface area (Å²) in [6, 6.07) is 13.8. The van der Waals surface area contributed by atoms with E-state index in [1.807, 2.05) is 44.3 Å². The maximum Gasteiger partial charge on any atom is 0.254 e. The number of carbonyl (C=O) groups is 1. The molecule has 162 valence electrons. The summed E-state index contributed by atoms with van der Waals surface area (Å²) in [6.45, 7) is 4.98. The monoisotopic (exact) mass is 430 g/mol. The van der Waals surface area contributed by atoms with E-state index in [1.54, 1.807) is 40.2 Å². The SMILES string of the molecule is CCN(C(=O)c1ccccc1-c1ncccn1)[C@@H](C)Cn1ccc(-c2ccc(F)cn2)n1. The number of hydrogen-bond acceptors (Lipinski definition) is 5. The lowest BCUT2D eigenvalue weighted by atomic mass is 10.0. The largest absolute Gasteiger partial charge is 0.334 e. The van der Waals surface area contributed by atoms with Crippen LogP contribution in [-0.2, 0) is 6.54 Å². The minimum Gasteiger partial charge on any atom is -0.334 e. The van der Waals surface area contributed by atoms with Gasteiger partial charge in [-0.25, -0.2) is 14.4 Å². The van der Waals surface area contributed by atoms with Gasteiger partial charge in [-0.3, -0.25) is 14.5 Å². The Morgan fingerprint density at radius 3 is 2.53 bits per heavy atom. The fraction of sp³-hybridized carbons (Fsp3) is 0.208. The van der Waals surface area contributed by atoms with Crippen LogP contribution in [0, 0.1) is 5.82 Å². The van der Waals surface area contributed by atoms with Crippen molar-refractivity contribution in [3.05, 3.63) is 84.7 Å². The molecule has 1 amide bonds. The minimum absolute atomic E-state index is 0.0874. The molecule has 0 spiro atoms. The summed E-state index contributed by atoms with van der Waals surface area (Å²) < 4.78 is 14.9. The molecule has 0 radical (unpaired) electrons. The van der Waals surface area contributed by atoms with Crippen molar-refractivity contribution in [2.45, 2.75) is 26.4 Å². The molecule has 0 saturated carbocycles. The van der Waals surface area contributed by atoms with Crippen molar-refractivity contribution < 1.29 is 9.18 Å². The molecule has 32 heavy (non-hydrogen) atoms. The highest BCUT2D eigenvalue weighted by Gasteiger charge is 2.24. The zero-order valence-electron chi connectivity index (χ0n) is 17.9. The first kappa shape index (κ1) is 21.3. The smallest absolute Gasteiger partial charge is 0.254 e. The number of nitrogens with zero attached hydrogens (tertiary/aromatic N) is 6. The fourth-order valence-electron chi connectivity index (χ4n) is 3.61. The molecule has 3 aromatic heterocycles. The molecule has 0 bridgehead atoms. The van der Waals surface area contributed by atoms with Crippen LogP contribution >= 0.6 is 0 Å². The first-order valence-electron chi connectivity index (χ1n) is 10.4. The highest BCUT2D eigenvalue weighted by Crippen LogP contribution is 2.22. The van der Waals surface area contributed by atoms with Gasteiger partial charge in [0.2, 0.25) is 0 Å². The second kappa shape index (κ2) is 9.47. The van der Waals surface area contributed by atoms with Gasteiger partial charge in [-0.2, -0.15) is 5.10 Å². The second-order valence-electron chi connectivity index (χ2n) is 7.34. The predicted octanol–water partition coefficient (Wildman–Crippen LogP) is 4.09. The molecule has 7 nitrogen and oxygen atoms in total. The highest BCUT2D eigenvalue weighted by atomic mass is 19.1. The van der Waals surface area contributed by atoms with Crippen LogP contribution in [0.2, 0.25) is 0 Å². The average Bonchev–Trinajstić information content (AvgIpc) is 3.29. The number of benzene rings is 1. The Morgan fingerprint density at radius 2 is 1.81 bits per heavy atom. The van der Waals surface area contributed by atoms with Gasteiger partial charge < -0.3 is 4.90 Å². The third kappa shape index (κ3) is 4.54. The first-order valence-corrected chi connectivity index (χ1v) is 10.4. The lowest BCUT2D eigenvalue weighted by molar-refractivity contribution is 0.0686. The van der Waals surface area contributed by atoms with Crippen LogP contribution in [0.1, 0.15) is 24.2 Å². The number of amides is 1. The summed E-state index contributed by atoms with van der Waals surface area (Å²) in [5.74, 6) is 0.0411. The van der Waals surface area contributed by atoms with Gasteiger partial charge in [-0.1, -0.05) is 18.2 Å². The van der Waals surface area contributed by atoms with Gasteiger partial charge in [0.15, 0.2) is 5.82 Å². The van der Waals surface area contributed by atoms with Crippen molar-refractivity contribution >= 4 is 5.91 Å². The molecule has 3 heterocycles. The van der Waals surface area contributed by atoms with Gasteiger partial charge in [-0.05, 0) is 44.2 Å². The maximum atomic E-state index is 13.5. The van der Waals surface area contributed by atoms with Crippen molar-refractivity contribution in [3.63, 3.8) is 0 Å². The molecular weight excluding hydrogens is 407 g/mol. The summed E-state index contributed by atoms with van der Waals surface area (Å²) in [4.78, 5) is 27.9. The Kier molecular flexibility index (Phi) is 6.30. The van der Waals surface area contributed by atoms with Crippen molar-refractivity contribution in [2.75, 3.05) is 6.54 Å². The molecular formula is C24H23FN6O. The Morgan fingerprint density at radius 1 is 1.03 bits per heavy atom. The number of likely N-dealkylation sites (N-methyl/N-ethyl adjacent to an activating group) is 1. The standard InChI is InChI=1S/C24H23FN6O/c1-3-31(24(32)20-8-5-4-7-19(20)23-26-12-6-13-27-23)17(2)16-30-14-11-22(29-30)21-10-9-18(25)15-28-21/h4-15,17H,3,16H2,1-2H3/t17-/m0/s1. The summed E-state index contributed by atoms with van der Waals surface area (Å²) in [5, 5.41) is 4.54. The van der Waals surface area contributed by atoms with Gasteiger partial charge in [0, 0.05) is 36.7 Å². The number of aromatic nitrogens is 5. The van der Waals surface area contributed by atoms with E-state index in [-0.39, 0.29) is 17.8 Å². The second-order valence-corrected chi connectivity index (χ2v) is 7.34. The van der Waals surface area contributed by atoms with E-state index in [0.29, 0.717) is 41.4 Å². The molecule has 8 heteroatoms. The normalized spacial score (nSPS) is 11.8. The first-order chi connectivity index (χ1) is 15.6. The molecule has 0 aliphatic heterocycles. The molecule has 0 aliphatic rings. The highest BCUT2D eigenvalue weighted by molar-refractivity contribution is 6.00. The van der Waals surface area contributed by atoms with E-state index in [9.17, 15) is 9.18 Å². The van der Waals surface area contributed by atoms with Crippen LogP contribution in [0.15, 0.2) is 73.3 Å². The van der Waals surface area contributed by atoms with Crippen LogP contribution in [0.3, 0.4) is 0 Å². The summed E-state index contributed by atoms with van der Waals surface area (Å²) in [6.07, 6.45) is 6.33. The van der Waals surface area contributed by atoms with Gasteiger partial charge in [-0.15, -0.1) is 0 Å². The molecule has 0 fully saturated rings. The summed E-state index contributed by atoms with van der Waals surface area (Å²) >= 11 is 0. The van der Waals surface area contributed by atoms with Crippen LogP contribution < -0.4 is 0 Å². The molecule has 0 saturated heterocycles. The van der Waals surface area contributed by atoms with E-state index < -0.39 is 0 Å². The molecule has 4 rings (SSSR count). The van der Waals surface area contributed by atoms with E-state index in [1.165, 1.54) is 12.3 Å². The summed E-state index contributed by atoms with van der Waals surface area (Å²) in [7, 11) is 0. The quantitative estimate of drug-likeness (QED) is 0.441. The van der Waals surface area contributed by atoms with Gasteiger partial charge in [0.1, 0.15) is 11.5 Å². The van der Waals surface area contributed by atoms with Crippen LogP contribution in [0.4, 0.5) is 4.39 Å². The average molecular weight is 430 g/mol. The molecule has 0 N–H and O–H groups in total. The Bertz CT molecular complexity index is 1190. The van der Waals surface area contributed by atoms with Gasteiger partial charge in [0.05, 0.1) is 24.0 Å². The zero-order chi connectivity index (χ0) is 22.5. The molecule has 1 atom stereocenters. The Balaban J connectivity index is 1.53. The molecule has 1 aromatic carbocycles. The maximum absolute atomic E-state index is 13.5. The van der Waals surface area contributed by atoms with E-state index in [0.717, 1.165) is 0 Å². The lowest BCUT2D eigenvalue weighted by Crippen LogP contribution is -2.41. The van der Waals surface area contributed by atoms with Crippen molar-refractivity contribution in [1.82, 2.24) is 29.6 Å². The van der Waals surface area contributed by atoms with Crippen LogP contribution in [-0.4, -0.2) is 48.1 Å². The number of carbonyl (C=O) groups excluding carboxylic acids is 1. The van der Waals surface area contributed by atoms with Crippen molar-refractivity contribution in [2.24, 2.45) is 0 Å². The third-order valence-electron chi connectivity index (χ3n) is 5.18. The molecule has 0 unspecified atom stereocenters. The molecule has 0 aliphatic carbocycles.